The van der Waals surface area contributed by atoms with Crippen LogP contribution in [0.25, 0.3) is 10.9 Å². The minimum atomic E-state index is -0.362. The summed E-state index contributed by atoms with van der Waals surface area (Å²) in [5, 5.41) is 11.0. The van der Waals surface area contributed by atoms with Crippen molar-refractivity contribution < 1.29 is 19.4 Å². The van der Waals surface area contributed by atoms with Crippen molar-refractivity contribution in [3.05, 3.63) is 63.8 Å². The minimum absolute atomic E-state index is 0.0998. The fourth-order valence-electron chi connectivity index (χ4n) is 3.92. The quantitative estimate of drug-likeness (QED) is 0.545. The number of esters is 1. The normalized spacial score (nSPS) is 14.9. The van der Waals surface area contributed by atoms with Crippen molar-refractivity contribution in [3.63, 3.8) is 0 Å². The van der Waals surface area contributed by atoms with Crippen LogP contribution in [0.5, 0.6) is 5.75 Å². The van der Waals surface area contributed by atoms with Crippen LogP contribution in [0, 0.1) is 0 Å². The average molecular weight is 473 g/mol. The molecule has 0 bridgehead atoms. The fraction of sp³-hybridized carbons (Fsp3) is 0.348. The maximum Gasteiger partial charge on any atom is 0.340 e. The highest BCUT2D eigenvalue weighted by atomic mass is 79.9. The van der Waals surface area contributed by atoms with E-state index in [-0.39, 0.29) is 11.7 Å². The number of carbonyl (C=O) groups excluding carboxylic acids is 1. The van der Waals surface area contributed by atoms with E-state index in [1.165, 1.54) is 0 Å². The van der Waals surface area contributed by atoms with Crippen molar-refractivity contribution in [1.82, 2.24) is 9.47 Å². The number of phenolic OH excluding ortho intramolecular Hbond substituents is 1. The van der Waals surface area contributed by atoms with Crippen molar-refractivity contribution in [1.29, 1.82) is 0 Å². The number of morpholine rings is 1. The van der Waals surface area contributed by atoms with Crippen LogP contribution in [0.2, 0.25) is 0 Å². The second-order valence-electron chi connectivity index (χ2n) is 7.32. The van der Waals surface area contributed by atoms with E-state index in [1.54, 1.807) is 13.0 Å². The summed E-state index contributed by atoms with van der Waals surface area (Å²) in [6.07, 6.45) is 0. The number of hydrogen-bond donors (Lipinski definition) is 1. The molecular weight excluding hydrogens is 448 g/mol. The first-order chi connectivity index (χ1) is 14.6. The maximum atomic E-state index is 13.0. The molecule has 1 aliphatic rings. The number of phenols is 1. The lowest BCUT2D eigenvalue weighted by atomic mass is 10.1. The number of hydrogen-bond acceptors (Lipinski definition) is 5. The van der Waals surface area contributed by atoms with Gasteiger partial charge in [-0.05, 0) is 40.5 Å². The van der Waals surface area contributed by atoms with Gasteiger partial charge in [-0.25, -0.2) is 4.79 Å². The second kappa shape index (κ2) is 9.20. The monoisotopic (exact) mass is 472 g/mol. The molecule has 1 N–H and O–H groups in total. The molecule has 0 unspecified atom stereocenters. The molecule has 0 spiro atoms. The summed E-state index contributed by atoms with van der Waals surface area (Å²) in [4.78, 5) is 15.3. The summed E-state index contributed by atoms with van der Waals surface area (Å²) < 4.78 is 13.7. The number of halogens is 1. The summed E-state index contributed by atoms with van der Waals surface area (Å²) >= 11 is 3.43. The summed E-state index contributed by atoms with van der Waals surface area (Å²) in [5.41, 5.74) is 3.44. The molecule has 7 heteroatoms. The van der Waals surface area contributed by atoms with Crippen LogP contribution in [-0.2, 0) is 22.6 Å². The predicted octanol–water partition coefficient (Wildman–Crippen LogP) is 4.17. The Balaban J connectivity index is 1.90. The van der Waals surface area contributed by atoms with Crippen LogP contribution < -0.4 is 0 Å². The number of carbonyl (C=O) groups is 1. The third-order valence-corrected chi connectivity index (χ3v) is 6.01. The lowest BCUT2D eigenvalue weighted by Gasteiger charge is -2.27. The van der Waals surface area contributed by atoms with E-state index in [9.17, 15) is 9.90 Å². The van der Waals surface area contributed by atoms with E-state index in [0.717, 1.165) is 29.9 Å². The molecule has 1 aromatic heterocycles. The van der Waals surface area contributed by atoms with Crippen LogP contribution >= 0.6 is 15.9 Å². The number of fused-ring (bicyclic) bond motifs is 1. The van der Waals surface area contributed by atoms with Crippen molar-refractivity contribution in [2.75, 3.05) is 32.9 Å². The van der Waals surface area contributed by atoms with Crippen molar-refractivity contribution >= 4 is 32.8 Å². The van der Waals surface area contributed by atoms with Gasteiger partial charge in [0.1, 0.15) is 5.75 Å². The van der Waals surface area contributed by atoms with Crippen LogP contribution in [0.1, 0.15) is 28.5 Å². The standard InChI is InChI=1S/C23H25BrN2O4/c1-2-30-23(28)22-17-12-21(27)18(24)13-19(17)26(14-16-6-4-3-5-7-16)20(22)15-25-8-10-29-11-9-25/h3-7,12-13,27H,2,8-11,14-15H2,1H3. The molecule has 2 heterocycles. The number of ether oxygens (including phenoxy) is 2. The van der Waals surface area contributed by atoms with Gasteiger partial charge in [0.05, 0.1) is 35.4 Å². The number of rotatable bonds is 6. The molecule has 1 fully saturated rings. The largest absolute Gasteiger partial charge is 0.507 e. The highest BCUT2D eigenvalue weighted by Gasteiger charge is 2.26. The van der Waals surface area contributed by atoms with Crippen molar-refractivity contribution in [2.24, 2.45) is 0 Å². The van der Waals surface area contributed by atoms with Crippen LogP contribution in [-0.4, -0.2) is 53.5 Å². The molecule has 0 amide bonds. The summed E-state index contributed by atoms with van der Waals surface area (Å²) in [5.74, 6) is -0.262. The molecule has 1 aliphatic heterocycles. The molecular formula is C23H25BrN2O4. The fourth-order valence-corrected chi connectivity index (χ4v) is 4.26. The van der Waals surface area contributed by atoms with Crippen molar-refractivity contribution in [3.8, 4) is 5.75 Å². The Morgan fingerprint density at radius 1 is 1.17 bits per heavy atom. The molecule has 0 atom stereocenters. The maximum absolute atomic E-state index is 13.0. The Labute approximate surface area is 184 Å². The molecule has 2 aromatic carbocycles. The van der Waals surface area contributed by atoms with Crippen LogP contribution in [0.3, 0.4) is 0 Å². The highest BCUT2D eigenvalue weighted by Crippen LogP contribution is 2.36. The van der Waals surface area contributed by atoms with Gasteiger partial charge in [0.2, 0.25) is 0 Å². The highest BCUT2D eigenvalue weighted by molar-refractivity contribution is 9.10. The zero-order valence-corrected chi connectivity index (χ0v) is 18.5. The minimum Gasteiger partial charge on any atom is -0.507 e. The first kappa shape index (κ1) is 20.9. The van der Waals surface area contributed by atoms with E-state index in [0.29, 0.717) is 48.3 Å². The zero-order chi connectivity index (χ0) is 21.1. The lowest BCUT2D eigenvalue weighted by molar-refractivity contribution is 0.0327. The Morgan fingerprint density at radius 3 is 2.60 bits per heavy atom. The topological polar surface area (TPSA) is 63.9 Å². The van der Waals surface area contributed by atoms with Gasteiger partial charge >= 0.3 is 5.97 Å². The van der Waals surface area contributed by atoms with Crippen molar-refractivity contribution in [2.45, 2.75) is 20.0 Å². The van der Waals surface area contributed by atoms with Gasteiger partial charge in [0.15, 0.2) is 0 Å². The Kier molecular flexibility index (Phi) is 6.41. The first-order valence-electron chi connectivity index (χ1n) is 10.1. The van der Waals surface area contributed by atoms with Gasteiger partial charge < -0.3 is 19.1 Å². The lowest BCUT2D eigenvalue weighted by Crippen LogP contribution is -2.36. The van der Waals surface area contributed by atoms with E-state index in [4.69, 9.17) is 9.47 Å². The van der Waals surface area contributed by atoms with E-state index in [2.05, 4.69) is 37.5 Å². The number of benzene rings is 2. The molecule has 30 heavy (non-hydrogen) atoms. The molecule has 3 aromatic rings. The number of aromatic nitrogens is 1. The molecule has 6 nitrogen and oxygen atoms in total. The van der Waals surface area contributed by atoms with Gasteiger partial charge in [-0.2, -0.15) is 0 Å². The van der Waals surface area contributed by atoms with Crippen LogP contribution in [0.4, 0.5) is 0 Å². The third-order valence-electron chi connectivity index (χ3n) is 5.38. The average Bonchev–Trinajstić information content (AvgIpc) is 3.02. The zero-order valence-electron chi connectivity index (χ0n) is 16.9. The Morgan fingerprint density at radius 2 is 1.90 bits per heavy atom. The van der Waals surface area contributed by atoms with E-state index >= 15 is 0 Å². The summed E-state index contributed by atoms with van der Waals surface area (Å²) in [7, 11) is 0. The first-order valence-corrected chi connectivity index (χ1v) is 10.9. The Hall–Kier alpha value is -2.35. The summed E-state index contributed by atoms with van der Waals surface area (Å²) in [6, 6.07) is 13.7. The smallest absolute Gasteiger partial charge is 0.340 e. The summed E-state index contributed by atoms with van der Waals surface area (Å²) in [6.45, 7) is 6.31. The third kappa shape index (κ3) is 4.24. The SMILES string of the molecule is CCOC(=O)c1c(CN2CCOCC2)n(Cc2ccccc2)c2cc(Br)c(O)cc12. The van der Waals surface area contributed by atoms with Gasteiger partial charge in [-0.1, -0.05) is 30.3 Å². The van der Waals surface area contributed by atoms with Crippen LogP contribution in [0.15, 0.2) is 46.9 Å². The van der Waals surface area contributed by atoms with Gasteiger partial charge in [-0.3, -0.25) is 4.90 Å². The van der Waals surface area contributed by atoms with Gasteiger partial charge in [0.25, 0.3) is 0 Å². The molecule has 0 aliphatic carbocycles. The Bertz CT molecular complexity index is 1040. The van der Waals surface area contributed by atoms with E-state index in [1.807, 2.05) is 24.3 Å². The molecule has 4 rings (SSSR count). The van der Waals surface area contributed by atoms with Gasteiger partial charge in [-0.15, -0.1) is 0 Å². The molecule has 0 saturated carbocycles. The van der Waals surface area contributed by atoms with Gasteiger partial charge in [0, 0.05) is 37.3 Å². The molecule has 158 valence electrons. The number of nitrogens with zero attached hydrogens (tertiary/aromatic N) is 2. The second-order valence-corrected chi connectivity index (χ2v) is 8.18. The van der Waals surface area contributed by atoms with E-state index < -0.39 is 0 Å². The molecule has 1 saturated heterocycles. The predicted molar refractivity (Wildman–Crippen MR) is 119 cm³/mol. The number of aromatic hydroxyl groups is 1. The molecule has 0 radical (unpaired) electrons.